The van der Waals surface area contributed by atoms with E-state index in [0.29, 0.717) is 0 Å². The van der Waals surface area contributed by atoms with Gasteiger partial charge in [0.2, 0.25) is 5.91 Å². The molecule has 1 amide bonds. The van der Waals surface area contributed by atoms with Crippen LogP contribution in [0.2, 0.25) is 0 Å². The van der Waals surface area contributed by atoms with Crippen molar-refractivity contribution in [2.45, 2.75) is 25.3 Å². The molecule has 1 aliphatic heterocycles. The number of hydrogen-bond donors (Lipinski definition) is 1. The highest BCUT2D eigenvalue weighted by Gasteiger charge is 2.52. The van der Waals surface area contributed by atoms with Gasteiger partial charge in [-0.2, -0.15) is 0 Å². The first-order valence-electron chi connectivity index (χ1n) is 6.68. The van der Waals surface area contributed by atoms with Crippen molar-refractivity contribution in [3.8, 4) is 0 Å². The van der Waals surface area contributed by atoms with Crippen molar-refractivity contribution < 1.29 is 4.79 Å². The number of piperidine rings is 1. The van der Waals surface area contributed by atoms with Crippen molar-refractivity contribution in [3.63, 3.8) is 0 Å². The Bertz CT molecular complexity index is 483. The van der Waals surface area contributed by atoms with Gasteiger partial charge < -0.3 is 10.2 Å². The number of rotatable bonds is 1. The molecule has 3 rings (SSSR count). The minimum atomic E-state index is -0.245. The van der Waals surface area contributed by atoms with Gasteiger partial charge in [0.1, 0.15) is 0 Å². The fraction of sp³-hybridized carbons (Fsp3) is 0.533. The van der Waals surface area contributed by atoms with Crippen LogP contribution in [-0.4, -0.2) is 31.4 Å². The number of hydrogen-bond acceptors (Lipinski definition) is 2. The summed E-state index contributed by atoms with van der Waals surface area (Å²) >= 11 is 0. The molecule has 0 spiro atoms. The van der Waals surface area contributed by atoms with E-state index in [0.717, 1.165) is 25.8 Å². The third-order valence-corrected chi connectivity index (χ3v) is 4.40. The van der Waals surface area contributed by atoms with Crippen molar-refractivity contribution in [3.05, 3.63) is 35.4 Å². The molecule has 1 N–H and O–H groups in total. The van der Waals surface area contributed by atoms with E-state index in [1.807, 2.05) is 14.1 Å². The van der Waals surface area contributed by atoms with Gasteiger partial charge in [0, 0.05) is 20.1 Å². The largest absolute Gasteiger partial charge is 0.348 e. The molecule has 2 aliphatic rings. The monoisotopic (exact) mass is 244 g/mol. The molecule has 3 heteroatoms. The summed E-state index contributed by atoms with van der Waals surface area (Å²) in [5.41, 5.74) is 2.42. The number of benzene rings is 1. The van der Waals surface area contributed by atoms with Crippen molar-refractivity contribution in [2.24, 2.45) is 5.41 Å². The van der Waals surface area contributed by atoms with E-state index in [1.54, 1.807) is 4.90 Å². The predicted molar refractivity (Wildman–Crippen MR) is 71.3 cm³/mol. The van der Waals surface area contributed by atoms with E-state index < -0.39 is 0 Å². The lowest BCUT2D eigenvalue weighted by Crippen LogP contribution is -2.50. The molecule has 18 heavy (non-hydrogen) atoms. The fourth-order valence-corrected chi connectivity index (χ4v) is 3.66. The quantitative estimate of drug-likeness (QED) is 0.816. The third kappa shape index (κ3) is 1.50. The maximum Gasteiger partial charge on any atom is 0.230 e. The molecule has 1 aromatic rings. The molecule has 0 saturated carbocycles. The average molecular weight is 244 g/mol. The van der Waals surface area contributed by atoms with Gasteiger partial charge >= 0.3 is 0 Å². The van der Waals surface area contributed by atoms with Gasteiger partial charge in [-0.15, -0.1) is 0 Å². The van der Waals surface area contributed by atoms with Gasteiger partial charge in [0.25, 0.3) is 0 Å². The van der Waals surface area contributed by atoms with E-state index in [2.05, 4.69) is 29.6 Å². The molecule has 1 aromatic carbocycles. The van der Waals surface area contributed by atoms with Crippen LogP contribution in [0.5, 0.6) is 0 Å². The van der Waals surface area contributed by atoms with Crippen molar-refractivity contribution >= 4 is 5.91 Å². The predicted octanol–water partition coefficient (Wildman–Crippen LogP) is 1.74. The van der Waals surface area contributed by atoms with E-state index in [-0.39, 0.29) is 17.4 Å². The zero-order chi connectivity index (χ0) is 12.8. The van der Waals surface area contributed by atoms with Crippen molar-refractivity contribution in [2.75, 3.05) is 20.6 Å². The molecule has 0 unspecified atom stereocenters. The van der Waals surface area contributed by atoms with Crippen LogP contribution in [0, 0.1) is 5.41 Å². The Kier molecular flexibility index (Phi) is 2.67. The van der Waals surface area contributed by atoms with Gasteiger partial charge in [-0.1, -0.05) is 24.3 Å². The Balaban J connectivity index is 2.06. The zero-order valence-corrected chi connectivity index (χ0v) is 11.1. The van der Waals surface area contributed by atoms with Crippen LogP contribution >= 0.6 is 0 Å². The third-order valence-electron chi connectivity index (χ3n) is 4.40. The minimum Gasteiger partial charge on any atom is -0.348 e. The SMILES string of the molecule is CN(C)C(=O)[C@]12CCCN[C@H]1c1ccccc1C2. The summed E-state index contributed by atoms with van der Waals surface area (Å²) in [6.45, 7) is 1.02. The highest BCUT2D eigenvalue weighted by atomic mass is 16.2. The first-order valence-corrected chi connectivity index (χ1v) is 6.68. The molecule has 2 atom stereocenters. The molecular weight excluding hydrogens is 224 g/mol. The lowest BCUT2D eigenvalue weighted by molar-refractivity contribution is -0.142. The van der Waals surface area contributed by atoms with Gasteiger partial charge in [0.05, 0.1) is 5.41 Å². The van der Waals surface area contributed by atoms with Gasteiger partial charge in [-0.3, -0.25) is 4.79 Å². The van der Waals surface area contributed by atoms with Gasteiger partial charge in [0.15, 0.2) is 0 Å². The van der Waals surface area contributed by atoms with Crippen molar-refractivity contribution in [1.29, 1.82) is 0 Å². The van der Waals surface area contributed by atoms with E-state index in [4.69, 9.17) is 0 Å². The molecule has 0 aromatic heterocycles. The van der Waals surface area contributed by atoms with Crippen LogP contribution in [0.3, 0.4) is 0 Å². The second kappa shape index (κ2) is 4.09. The van der Waals surface area contributed by atoms with Crippen LogP contribution < -0.4 is 5.32 Å². The number of fused-ring (bicyclic) bond motifs is 3. The molecule has 96 valence electrons. The summed E-state index contributed by atoms with van der Waals surface area (Å²) in [5, 5.41) is 3.57. The second-order valence-corrected chi connectivity index (χ2v) is 5.72. The molecular formula is C15H20N2O. The van der Waals surface area contributed by atoms with Crippen LogP contribution in [-0.2, 0) is 11.2 Å². The van der Waals surface area contributed by atoms with Gasteiger partial charge in [-0.05, 0) is 36.9 Å². The first-order chi connectivity index (χ1) is 8.65. The highest BCUT2D eigenvalue weighted by Crippen LogP contribution is 2.51. The number of carbonyl (C=O) groups excluding carboxylic acids is 1. The fourth-order valence-electron chi connectivity index (χ4n) is 3.66. The molecule has 1 fully saturated rings. The lowest BCUT2D eigenvalue weighted by atomic mass is 9.73. The molecule has 1 saturated heterocycles. The summed E-state index contributed by atoms with van der Waals surface area (Å²) in [4.78, 5) is 14.4. The van der Waals surface area contributed by atoms with Crippen LogP contribution in [0.15, 0.2) is 24.3 Å². The summed E-state index contributed by atoms with van der Waals surface area (Å²) in [7, 11) is 3.73. The standard InChI is InChI=1S/C15H20N2O/c1-17(2)14(18)15-8-5-9-16-13(15)12-7-4-3-6-11(12)10-15/h3-4,6-7,13,16H,5,8-10H2,1-2H3/t13-,15-/m0/s1. The van der Waals surface area contributed by atoms with Crippen molar-refractivity contribution in [1.82, 2.24) is 10.2 Å². The Morgan fingerprint density at radius 2 is 2.17 bits per heavy atom. The highest BCUT2D eigenvalue weighted by molar-refractivity contribution is 5.85. The average Bonchev–Trinajstić information content (AvgIpc) is 2.73. The summed E-state index contributed by atoms with van der Waals surface area (Å²) in [5.74, 6) is 0.274. The smallest absolute Gasteiger partial charge is 0.230 e. The van der Waals surface area contributed by atoms with E-state index in [1.165, 1.54) is 11.1 Å². The number of carbonyl (C=O) groups is 1. The second-order valence-electron chi connectivity index (χ2n) is 5.72. The normalized spacial score (nSPS) is 29.6. The maximum absolute atomic E-state index is 12.7. The summed E-state index contributed by atoms with van der Waals surface area (Å²) in [6.07, 6.45) is 2.97. The minimum absolute atomic E-state index is 0.206. The Morgan fingerprint density at radius 1 is 1.39 bits per heavy atom. The Morgan fingerprint density at radius 3 is 2.94 bits per heavy atom. The number of nitrogens with zero attached hydrogens (tertiary/aromatic N) is 1. The van der Waals surface area contributed by atoms with E-state index in [9.17, 15) is 4.79 Å². The Hall–Kier alpha value is -1.35. The van der Waals surface area contributed by atoms with Gasteiger partial charge in [-0.25, -0.2) is 0 Å². The molecule has 0 bridgehead atoms. The van der Waals surface area contributed by atoms with Crippen LogP contribution in [0.4, 0.5) is 0 Å². The molecule has 1 aliphatic carbocycles. The first kappa shape index (κ1) is 11.7. The maximum atomic E-state index is 12.7. The summed E-state index contributed by atoms with van der Waals surface area (Å²) < 4.78 is 0. The molecule has 0 radical (unpaired) electrons. The molecule has 3 nitrogen and oxygen atoms in total. The summed E-state index contributed by atoms with van der Waals surface area (Å²) in [6, 6.07) is 8.69. The molecule has 1 heterocycles. The lowest BCUT2D eigenvalue weighted by Gasteiger charge is -2.40. The number of nitrogens with one attached hydrogen (secondary N) is 1. The Labute approximate surface area is 108 Å². The van der Waals surface area contributed by atoms with Crippen LogP contribution in [0.1, 0.15) is 30.0 Å². The topological polar surface area (TPSA) is 32.3 Å². The van der Waals surface area contributed by atoms with Crippen LogP contribution in [0.25, 0.3) is 0 Å². The number of amides is 1. The van der Waals surface area contributed by atoms with E-state index >= 15 is 0 Å². The zero-order valence-electron chi connectivity index (χ0n) is 11.1.